The van der Waals surface area contributed by atoms with Gasteiger partial charge in [-0.05, 0) is 24.6 Å². The number of nitrogens with two attached hydrogens (primary N) is 1. The van der Waals surface area contributed by atoms with Gasteiger partial charge >= 0.3 is 6.61 Å². The Kier molecular flexibility index (Phi) is 4.84. The molecule has 17 heavy (non-hydrogen) atoms. The fourth-order valence-corrected chi connectivity index (χ4v) is 1.14. The summed E-state index contributed by atoms with van der Waals surface area (Å²) in [4.78, 5) is 11.2. The lowest BCUT2D eigenvalue weighted by Crippen LogP contribution is -2.37. The minimum absolute atomic E-state index is 0.0854. The first-order valence-electron chi connectivity index (χ1n) is 5.06. The second-order valence-electron chi connectivity index (χ2n) is 3.53. The van der Waals surface area contributed by atoms with Crippen molar-refractivity contribution in [3.05, 3.63) is 29.8 Å². The molecule has 6 heteroatoms. The van der Waals surface area contributed by atoms with E-state index in [1.165, 1.54) is 12.1 Å². The van der Waals surface area contributed by atoms with Crippen LogP contribution in [0, 0.1) is 0 Å². The molecule has 0 aromatic heterocycles. The summed E-state index contributed by atoms with van der Waals surface area (Å²) in [5.41, 5.74) is 6.14. The molecule has 1 aromatic rings. The lowest BCUT2D eigenvalue weighted by molar-refractivity contribution is -0.122. The Morgan fingerprint density at radius 3 is 2.47 bits per heavy atom. The van der Waals surface area contributed by atoms with Crippen molar-refractivity contribution in [2.24, 2.45) is 5.73 Å². The summed E-state index contributed by atoms with van der Waals surface area (Å²) in [5.74, 6) is -0.180. The lowest BCUT2D eigenvalue weighted by atomic mass is 10.2. The summed E-state index contributed by atoms with van der Waals surface area (Å²) in [6.07, 6.45) is 0. The summed E-state index contributed by atoms with van der Waals surface area (Å²) >= 11 is 0. The quantitative estimate of drug-likeness (QED) is 0.819. The average molecular weight is 244 g/mol. The van der Waals surface area contributed by atoms with Gasteiger partial charge in [0.25, 0.3) is 0 Å². The molecule has 1 amide bonds. The van der Waals surface area contributed by atoms with Crippen molar-refractivity contribution in [3.63, 3.8) is 0 Å². The highest BCUT2D eigenvalue weighted by Gasteiger charge is 2.07. The van der Waals surface area contributed by atoms with E-state index < -0.39 is 12.7 Å². The minimum atomic E-state index is -2.83. The highest BCUT2D eigenvalue weighted by Crippen LogP contribution is 2.14. The predicted octanol–water partition coefficient (Wildman–Crippen LogP) is 1.25. The third-order valence-corrected chi connectivity index (χ3v) is 2.03. The Labute approximate surface area is 97.8 Å². The van der Waals surface area contributed by atoms with Gasteiger partial charge in [0.15, 0.2) is 0 Å². The zero-order chi connectivity index (χ0) is 12.8. The van der Waals surface area contributed by atoms with Gasteiger partial charge in [-0.25, -0.2) is 0 Å². The van der Waals surface area contributed by atoms with Crippen LogP contribution in [0.4, 0.5) is 8.78 Å². The molecule has 0 aliphatic rings. The number of rotatable bonds is 5. The zero-order valence-electron chi connectivity index (χ0n) is 9.32. The Bertz CT molecular complexity index is 366. The van der Waals surface area contributed by atoms with E-state index in [-0.39, 0.29) is 11.7 Å². The first-order chi connectivity index (χ1) is 7.99. The Hall–Kier alpha value is -1.69. The molecule has 1 atom stereocenters. The SMILES string of the molecule is CC(N)C(=O)NCc1ccc(OC(F)F)cc1. The molecule has 1 unspecified atom stereocenters. The summed E-state index contributed by atoms with van der Waals surface area (Å²) in [6.45, 7) is -0.955. The number of nitrogens with one attached hydrogen (secondary N) is 1. The van der Waals surface area contributed by atoms with E-state index in [0.717, 1.165) is 5.56 Å². The van der Waals surface area contributed by atoms with Crippen molar-refractivity contribution >= 4 is 5.91 Å². The number of benzene rings is 1. The Morgan fingerprint density at radius 1 is 1.41 bits per heavy atom. The van der Waals surface area contributed by atoms with Gasteiger partial charge in [-0.3, -0.25) is 4.79 Å². The van der Waals surface area contributed by atoms with E-state index in [0.29, 0.717) is 6.54 Å². The number of carbonyl (C=O) groups excluding carboxylic acids is 1. The van der Waals surface area contributed by atoms with Crippen molar-refractivity contribution in [2.45, 2.75) is 26.1 Å². The molecule has 0 radical (unpaired) electrons. The van der Waals surface area contributed by atoms with E-state index in [1.54, 1.807) is 19.1 Å². The molecule has 4 nitrogen and oxygen atoms in total. The van der Waals surface area contributed by atoms with Crippen LogP contribution in [0.15, 0.2) is 24.3 Å². The first-order valence-corrected chi connectivity index (χ1v) is 5.06. The molecule has 1 aromatic carbocycles. The van der Waals surface area contributed by atoms with E-state index >= 15 is 0 Å². The van der Waals surface area contributed by atoms with Crippen LogP contribution in [0.3, 0.4) is 0 Å². The lowest BCUT2D eigenvalue weighted by Gasteiger charge is -2.08. The van der Waals surface area contributed by atoms with Crippen molar-refractivity contribution in [2.75, 3.05) is 0 Å². The smallest absolute Gasteiger partial charge is 0.387 e. The van der Waals surface area contributed by atoms with Gasteiger partial charge in [-0.1, -0.05) is 12.1 Å². The first kappa shape index (κ1) is 13.4. The Morgan fingerprint density at radius 2 is 2.00 bits per heavy atom. The number of alkyl halides is 2. The average Bonchev–Trinajstić information content (AvgIpc) is 2.26. The second kappa shape index (κ2) is 6.15. The van der Waals surface area contributed by atoms with Gasteiger partial charge in [-0.15, -0.1) is 0 Å². The molecule has 0 bridgehead atoms. The summed E-state index contributed by atoms with van der Waals surface area (Å²) in [7, 11) is 0. The maximum Gasteiger partial charge on any atom is 0.387 e. The van der Waals surface area contributed by atoms with Crippen LogP contribution in [-0.2, 0) is 11.3 Å². The monoisotopic (exact) mass is 244 g/mol. The van der Waals surface area contributed by atoms with Gasteiger partial charge in [0.05, 0.1) is 6.04 Å². The van der Waals surface area contributed by atoms with E-state index in [2.05, 4.69) is 10.1 Å². The summed E-state index contributed by atoms with van der Waals surface area (Å²) in [6, 6.07) is 5.45. The molecule has 1 rings (SSSR count). The topological polar surface area (TPSA) is 64.4 Å². The number of carbonyl (C=O) groups is 1. The minimum Gasteiger partial charge on any atom is -0.435 e. The van der Waals surface area contributed by atoms with E-state index in [1.807, 2.05) is 0 Å². The van der Waals surface area contributed by atoms with Crippen LogP contribution >= 0.6 is 0 Å². The molecule has 3 N–H and O–H groups in total. The molecule has 0 heterocycles. The highest BCUT2D eigenvalue weighted by molar-refractivity contribution is 5.80. The maximum atomic E-state index is 11.9. The molecule has 94 valence electrons. The third-order valence-electron chi connectivity index (χ3n) is 2.03. The van der Waals surface area contributed by atoms with Crippen molar-refractivity contribution in [1.29, 1.82) is 0 Å². The van der Waals surface area contributed by atoms with Crippen LogP contribution in [-0.4, -0.2) is 18.6 Å². The Balaban J connectivity index is 2.48. The van der Waals surface area contributed by atoms with Crippen molar-refractivity contribution < 1.29 is 18.3 Å². The van der Waals surface area contributed by atoms with E-state index in [9.17, 15) is 13.6 Å². The number of halogens is 2. The van der Waals surface area contributed by atoms with Gasteiger partial charge in [0.2, 0.25) is 5.91 Å². The molecule has 0 saturated heterocycles. The van der Waals surface area contributed by atoms with Crippen LogP contribution in [0.2, 0.25) is 0 Å². The molecular weight excluding hydrogens is 230 g/mol. The van der Waals surface area contributed by atoms with Crippen LogP contribution < -0.4 is 15.8 Å². The molecule has 0 aliphatic heterocycles. The number of ether oxygens (including phenoxy) is 1. The highest BCUT2D eigenvalue weighted by atomic mass is 19.3. The maximum absolute atomic E-state index is 11.9. The molecular formula is C11H14F2N2O2. The molecule has 0 saturated carbocycles. The number of amides is 1. The molecule has 0 spiro atoms. The second-order valence-corrected chi connectivity index (χ2v) is 3.53. The van der Waals surface area contributed by atoms with Gasteiger partial charge < -0.3 is 15.8 Å². The van der Waals surface area contributed by atoms with E-state index in [4.69, 9.17) is 5.73 Å². The summed E-state index contributed by atoms with van der Waals surface area (Å²) < 4.78 is 27.9. The fourth-order valence-electron chi connectivity index (χ4n) is 1.14. The van der Waals surface area contributed by atoms with Gasteiger partial charge in [-0.2, -0.15) is 8.78 Å². The summed E-state index contributed by atoms with van der Waals surface area (Å²) in [5, 5.41) is 2.61. The van der Waals surface area contributed by atoms with Crippen molar-refractivity contribution in [1.82, 2.24) is 5.32 Å². The van der Waals surface area contributed by atoms with Crippen molar-refractivity contribution in [3.8, 4) is 5.75 Å². The van der Waals surface area contributed by atoms with Crippen LogP contribution in [0.25, 0.3) is 0 Å². The van der Waals surface area contributed by atoms with Crippen LogP contribution in [0.5, 0.6) is 5.75 Å². The predicted molar refractivity (Wildman–Crippen MR) is 58.6 cm³/mol. The zero-order valence-corrected chi connectivity index (χ0v) is 9.32. The number of hydrogen-bond acceptors (Lipinski definition) is 3. The fraction of sp³-hybridized carbons (Fsp3) is 0.364. The third kappa shape index (κ3) is 4.78. The standard InChI is InChI=1S/C11H14F2N2O2/c1-7(14)10(16)15-6-8-2-4-9(5-3-8)17-11(12)13/h2-5,7,11H,6,14H2,1H3,(H,15,16). The normalized spacial score (nSPS) is 12.3. The molecule has 0 fully saturated rings. The number of hydrogen-bond donors (Lipinski definition) is 2. The molecule has 0 aliphatic carbocycles. The van der Waals surface area contributed by atoms with Gasteiger partial charge in [0.1, 0.15) is 5.75 Å². The van der Waals surface area contributed by atoms with Crippen LogP contribution in [0.1, 0.15) is 12.5 Å². The van der Waals surface area contributed by atoms with Gasteiger partial charge in [0, 0.05) is 6.54 Å². The largest absolute Gasteiger partial charge is 0.435 e.